The summed E-state index contributed by atoms with van der Waals surface area (Å²) in [7, 11) is -4.07. The van der Waals surface area contributed by atoms with Crippen molar-refractivity contribution in [2.75, 3.05) is 18.5 Å². The van der Waals surface area contributed by atoms with Gasteiger partial charge in [-0.1, -0.05) is 29.8 Å². The molecule has 0 aromatic heterocycles. The van der Waals surface area contributed by atoms with Crippen LogP contribution in [0.1, 0.15) is 16.7 Å². The van der Waals surface area contributed by atoms with E-state index in [1.165, 1.54) is 24.3 Å². The molecule has 0 spiro atoms. The van der Waals surface area contributed by atoms with E-state index in [9.17, 15) is 18.0 Å². The normalized spacial score (nSPS) is 10.8. The molecule has 9 heteroatoms. The van der Waals surface area contributed by atoms with Gasteiger partial charge in [0.15, 0.2) is 6.61 Å². The number of carbonyl (C=O) groups excluding carboxylic acids is 2. The molecular formula is C19H19N3O5S. The fourth-order valence-corrected chi connectivity index (χ4v) is 3.49. The van der Waals surface area contributed by atoms with E-state index in [0.717, 1.165) is 11.1 Å². The van der Waals surface area contributed by atoms with E-state index in [1.807, 2.05) is 26.0 Å². The number of esters is 1. The Morgan fingerprint density at radius 2 is 1.86 bits per heavy atom. The molecule has 0 atom stereocenters. The molecule has 28 heavy (non-hydrogen) atoms. The van der Waals surface area contributed by atoms with Crippen molar-refractivity contribution in [1.82, 2.24) is 4.72 Å². The van der Waals surface area contributed by atoms with Gasteiger partial charge in [-0.3, -0.25) is 9.59 Å². The van der Waals surface area contributed by atoms with Gasteiger partial charge < -0.3 is 10.1 Å². The third kappa shape index (κ3) is 5.64. The van der Waals surface area contributed by atoms with Gasteiger partial charge in [0.2, 0.25) is 10.0 Å². The lowest BCUT2D eigenvalue weighted by atomic mass is 10.1. The highest BCUT2D eigenvalue weighted by Gasteiger charge is 2.20. The molecule has 2 N–H and O–H groups in total. The molecule has 0 saturated heterocycles. The number of anilines is 1. The number of nitriles is 1. The number of nitrogens with zero attached hydrogens (tertiary/aromatic N) is 1. The Kier molecular flexibility index (Phi) is 6.87. The second-order valence-corrected chi connectivity index (χ2v) is 7.70. The maximum Gasteiger partial charge on any atom is 0.321 e. The number of hydrogen-bond acceptors (Lipinski definition) is 6. The van der Waals surface area contributed by atoms with Crippen molar-refractivity contribution < 1.29 is 22.7 Å². The van der Waals surface area contributed by atoms with Crippen LogP contribution in [0, 0.1) is 25.2 Å². The van der Waals surface area contributed by atoms with E-state index in [1.54, 1.807) is 12.1 Å². The fraction of sp³-hybridized carbons (Fsp3) is 0.211. The predicted molar refractivity (Wildman–Crippen MR) is 102 cm³/mol. The Morgan fingerprint density at radius 1 is 1.14 bits per heavy atom. The molecule has 1 amide bonds. The van der Waals surface area contributed by atoms with Crippen LogP contribution in [0.25, 0.3) is 0 Å². The van der Waals surface area contributed by atoms with Gasteiger partial charge in [-0.2, -0.15) is 9.98 Å². The molecule has 0 aliphatic carbocycles. The minimum absolute atomic E-state index is 0.0452. The first kappa shape index (κ1) is 21.1. The Hall–Kier alpha value is -3.22. The molecule has 2 aromatic rings. The molecule has 0 aliphatic rings. The van der Waals surface area contributed by atoms with Gasteiger partial charge in [0.25, 0.3) is 5.91 Å². The van der Waals surface area contributed by atoms with E-state index in [4.69, 9.17) is 10.00 Å². The number of sulfonamides is 1. The molecule has 2 rings (SSSR count). The Morgan fingerprint density at radius 3 is 2.54 bits per heavy atom. The lowest BCUT2D eigenvalue weighted by molar-refractivity contribution is -0.146. The van der Waals surface area contributed by atoms with Crippen LogP contribution >= 0.6 is 0 Å². The maximum atomic E-state index is 12.2. The Labute approximate surface area is 163 Å². The minimum Gasteiger partial charge on any atom is -0.455 e. The first-order valence-corrected chi connectivity index (χ1v) is 9.73. The van der Waals surface area contributed by atoms with Gasteiger partial charge >= 0.3 is 5.97 Å². The summed E-state index contributed by atoms with van der Waals surface area (Å²) in [5.74, 6) is -1.47. The van der Waals surface area contributed by atoms with Crippen LogP contribution in [-0.2, 0) is 24.3 Å². The van der Waals surface area contributed by atoms with Crippen LogP contribution < -0.4 is 10.0 Å². The third-order valence-corrected chi connectivity index (χ3v) is 5.18. The zero-order chi connectivity index (χ0) is 20.7. The maximum absolute atomic E-state index is 12.2. The molecule has 0 heterocycles. The molecule has 0 saturated carbocycles. The van der Waals surface area contributed by atoms with Crippen LogP contribution in [0.15, 0.2) is 47.4 Å². The molecule has 2 aromatic carbocycles. The second-order valence-electron chi connectivity index (χ2n) is 5.96. The summed E-state index contributed by atoms with van der Waals surface area (Å²) in [4.78, 5) is 23.4. The van der Waals surface area contributed by atoms with Crippen LogP contribution in [-0.4, -0.2) is 33.4 Å². The number of aryl methyl sites for hydroxylation is 2. The number of carbonyl (C=O) groups is 2. The predicted octanol–water partition coefficient (Wildman–Crippen LogP) is 1.64. The van der Waals surface area contributed by atoms with Crippen molar-refractivity contribution in [3.63, 3.8) is 0 Å². The number of rotatable bonds is 7. The average Bonchev–Trinajstić information content (AvgIpc) is 2.67. The highest BCUT2D eigenvalue weighted by molar-refractivity contribution is 7.89. The van der Waals surface area contributed by atoms with Crippen molar-refractivity contribution in [2.24, 2.45) is 0 Å². The first-order chi connectivity index (χ1) is 13.2. The summed E-state index contributed by atoms with van der Waals surface area (Å²) >= 11 is 0. The standard InChI is InChI=1S/C19H19N3O5S/c1-13-7-8-16(14(2)9-13)22-18(23)12-27-19(24)11-21-28(25,26)17-6-4-3-5-15(17)10-20/h3-9,21H,11-12H2,1-2H3,(H,22,23). The smallest absolute Gasteiger partial charge is 0.321 e. The molecule has 0 radical (unpaired) electrons. The largest absolute Gasteiger partial charge is 0.455 e. The summed E-state index contributed by atoms with van der Waals surface area (Å²) in [6, 6.07) is 12.8. The van der Waals surface area contributed by atoms with Gasteiger partial charge in [0, 0.05) is 5.69 Å². The fourth-order valence-electron chi connectivity index (χ4n) is 2.36. The number of ether oxygens (including phenoxy) is 1. The summed E-state index contributed by atoms with van der Waals surface area (Å²) in [5.41, 5.74) is 2.47. The third-order valence-electron chi connectivity index (χ3n) is 3.72. The number of hydrogen-bond donors (Lipinski definition) is 2. The highest BCUT2D eigenvalue weighted by Crippen LogP contribution is 2.16. The summed E-state index contributed by atoms with van der Waals surface area (Å²) in [6.07, 6.45) is 0. The average molecular weight is 401 g/mol. The second kappa shape index (κ2) is 9.12. The molecule has 8 nitrogen and oxygen atoms in total. The zero-order valence-electron chi connectivity index (χ0n) is 15.4. The van der Waals surface area contributed by atoms with Crippen LogP contribution in [0.3, 0.4) is 0 Å². The highest BCUT2D eigenvalue weighted by atomic mass is 32.2. The van der Waals surface area contributed by atoms with Crippen LogP contribution in [0.4, 0.5) is 5.69 Å². The van der Waals surface area contributed by atoms with Crippen molar-refractivity contribution >= 4 is 27.6 Å². The quantitative estimate of drug-likeness (QED) is 0.680. The van der Waals surface area contributed by atoms with Gasteiger partial charge in [0.1, 0.15) is 12.6 Å². The SMILES string of the molecule is Cc1ccc(NC(=O)COC(=O)CNS(=O)(=O)c2ccccc2C#N)c(C)c1. The topological polar surface area (TPSA) is 125 Å². The number of nitrogens with one attached hydrogen (secondary N) is 2. The lowest BCUT2D eigenvalue weighted by Crippen LogP contribution is -2.32. The van der Waals surface area contributed by atoms with Crippen molar-refractivity contribution in [2.45, 2.75) is 18.7 Å². The zero-order valence-corrected chi connectivity index (χ0v) is 16.2. The molecule has 0 unspecified atom stereocenters. The molecule has 146 valence electrons. The van der Waals surface area contributed by atoms with Crippen LogP contribution in [0.5, 0.6) is 0 Å². The van der Waals surface area contributed by atoms with Gasteiger partial charge in [-0.05, 0) is 37.6 Å². The van der Waals surface area contributed by atoms with Crippen molar-refractivity contribution in [3.05, 3.63) is 59.2 Å². The molecular weight excluding hydrogens is 382 g/mol. The molecule has 0 aliphatic heterocycles. The summed E-state index contributed by atoms with van der Waals surface area (Å²) < 4.78 is 31.3. The molecule has 0 fully saturated rings. The first-order valence-electron chi connectivity index (χ1n) is 8.24. The van der Waals surface area contributed by atoms with E-state index in [-0.39, 0.29) is 10.5 Å². The Balaban J connectivity index is 1.87. The van der Waals surface area contributed by atoms with Gasteiger partial charge in [0.05, 0.1) is 10.5 Å². The van der Waals surface area contributed by atoms with Crippen LogP contribution in [0.2, 0.25) is 0 Å². The molecule has 0 bridgehead atoms. The van der Waals surface area contributed by atoms with E-state index < -0.39 is 35.1 Å². The summed E-state index contributed by atoms with van der Waals surface area (Å²) in [5, 5.41) is 11.6. The van der Waals surface area contributed by atoms with Gasteiger partial charge in [-0.15, -0.1) is 0 Å². The van der Waals surface area contributed by atoms with Crippen molar-refractivity contribution in [1.29, 1.82) is 5.26 Å². The van der Waals surface area contributed by atoms with E-state index in [2.05, 4.69) is 10.0 Å². The van der Waals surface area contributed by atoms with E-state index in [0.29, 0.717) is 5.69 Å². The van der Waals surface area contributed by atoms with E-state index >= 15 is 0 Å². The lowest BCUT2D eigenvalue weighted by Gasteiger charge is -2.10. The Bertz CT molecular complexity index is 1040. The number of benzene rings is 2. The monoisotopic (exact) mass is 401 g/mol. The van der Waals surface area contributed by atoms with Crippen molar-refractivity contribution in [3.8, 4) is 6.07 Å². The van der Waals surface area contributed by atoms with Gasteiger partial charge in [-0.25, -0.2) is 8.42 Å². The summed E-state index contributed by atoms with van der Waals surface area (Å²) in [6.45, 7) is 2.54. The minimum atomic E-state index is -4.07. The number of amides is 1.